The highest BCUT2D eigenvalue weighted by Gasteiger charge is 2.19. The van der Waals surface area contributed by atoms with E-state index in [9.17, 15) is 21.6 Å². The molecule has 2 aromatic carbocycles. The zero-order valence-corrected chi connectivity index (χ0v) is 20.3. The molecule has 9 nitrogen and oxygen atoms in total. The molecule has 1 aromatic heterocycles. The van der Waals surface area contributed by atoms with Crippen LogP contribution in [0.15, 0.2) is 70.7 Å². The molecule has 0 spiro atoms. The van der Waals surface area contributed by atoms with Crippen molar-refractivity contribution in [3.63, 3.8) is 0 Å². The van der Waals surface area contributed by atoms with Crippen molar-refractivity contribution in [3.05, 3.63) is 66.4 Å². The Labute approximate surface area is 198 Å². The summed E-state index contributed by atoms with van der Waals surface area (Å²) in [5.74, 6) is -1.09. The molecule has 2 N–H and O–H groups in total. The molecule has 34 heavy (non-hydrogen) atoms. The second kappa shape index (κ2) is 9.74. The lowest BCUT2D eigenvalue weighted by molar-refractivity contribution is -0.131. The number of allylic oxidation sites excluding steroid dienone is 1. The number of rotatable bonds is 8. The van der Waals surface area contributed by atoms with Crippen LogP contribution < -0.4 is 5.32 Å². The molecular weight excluding hydrogens is 478 g/mol. The second-order valence-corrected chi connectivity index (χ2v) is 11.5. The number of benzene rings is 2. The molecular formula is C23H23N3O6S2. The van der Waals surface area contributed by atoms with Gasteiger partial charge in [-0.15, -0.1) is 0 Å². The molecule has 0 unspecified atom stereocenters. The van der Waals surface area contributed by atoms with E-state index in [-0.39, 0.29) is 21.4 Å². The molecule has 0 aliphatic heterocycles. The number of nitrogens with one attached hydrogen (secondary N) is 1. The Morgan fingerprint density at radius 2 is 1.74 bits per heavy atom. The Bertz CT molecular complexity index is 1500. The van der Waals surface area contributed by atoms with Gasteiger partial charge in [-0.3, -0.25) is 0 Å². The Balaban J connectivity index is 2.07. The number of hydrogen-bond acceptors (Lipinski definition) is 8. The van der Waals surface area contributed by atoms with Crippen LogP contribution in [0.1, 0.15) is 18.9 Å². The highest BCUT2D eigenvalue weighted by molar-refractivity contribution is 7.91. The lowest BCUT2D eigenvalue weighted by atomic mass is 9.98. The number of sulfone groups is 2. The van der Waals surface area contributed by atoms with Crippen molar-refractivity contribution in [2.24, 2.45) is 0 Å². The highest BCUT2D eigenvalue weighted by atomic mass is 32.2. The van der Waals surface area contributed by atoms with E-state index in [0.29, 0.717) is 28.8 Å². The topological polar surface area (TPSA) is 143 Å². The third-order valence-corrected chi connectivity index (χ3v) is 6.97. The van der Waals surface area contributed by atoms with Gasteiger partial charge >= 0.3 is 5.97 Å². The predicted molar refractivity (Wildman–Crippen MR) is 129 cm³/mol. The zero-order chi connectivity index (χ0) is 25.1. The van der Waals surface area contributed by atoms with Crippen molar-refractivity contribution in [1.82, 2.24) is 9.97 Å². The highest BCUT2D eigenvalue weighted by Crippen LogP contribution is 2.30. The van der Waals surface area contributed by atoms with Crippen LogP contribution in [-0.4, -0.2) is 50.4 Å². The maximum Gasteiger partial charge on any atom is 0.328 e. The molecule has 0 saturated heterocycles. The fourth-order valence-electron chi connectivity index (χ4n) is 3.27. The first-order valence-electron chi connectivity index (χ1n) is 10.1. The van der Waals surface area contributed by atoms with Gasteiger partial charge < -0.3 is 10.4 Å². The van der Waals surface area contributed by atoms with E-state index >= 15 is 0 Å². The number of carbonyl (C=O) groups is 1. The van der Waals surface area contributed by atoms with Crippen molar-refractivity contribution in [1.29, 1.82) is 0 Å². The first kappa shape index (κ1) is 25.1. The maximum absolute atomic E-state index is 12.6. The van der Waals surface area contributed by atoms with Crippen LogP contribution in [0.3, 0.4) is 0 Å². The molecule has 3 aromatic rings. The Morgan fingerprint density at radius 1 is 1.03 bits per heavy atom. The number of hydrogen-bond donors (Lipinski definition) is 2. The zero-order valence-electron chi connectivity index (χ0n) is 18.7. The van der Waals surface area contributed by atoms with Crippen molar-refractivity contribution >= 4 is 42.9 Å². The largest absolute Gasteiger partial charge is 0.478 e. The van der Waals surface area contributed by atoms with E-state index in [1.165, 1.54) is 18.3 Å². The van der Waals surface area contributed by atoms with Crippen molar-refractivity contribution in [2.75, 3.05) is 17.8 Å². The Kier molecular flexibility index (Phi) is 7.18. The predicted octanol–water partition coefficient (Wildman–Crippen LogP) is 3.57. The molecule has 0 radical (unpaired) electrons. The van der Waals surface area contributed by atoms with E-state index in [1.54, 1.807) is 36.4 Å². The lowest BCUT2D eigenvalue weighted by Gasteiger charge is -2.12. The van der Waals surface area contributed by atoms with Gasteiger partial charge in [0.2, 0.25) is 5.95 Å². The molecule has 11 heteroatoms. The third-order valence-electron chi connectivity index (χ3n) is 4.85. The first-order chi connectivity index (χ1) is 15.9. The number of anilines is 2. The summed E-state index contributed by atoms with van der Waals surface area (Å²) in [5.41, 5.74) is 2.37. The SMILES string of the molecule is CC/C(=C\C(=O)O)c1cccc(-c2cnc(Nc3cccc(S(C)(=O)=O)c3)nc2S(C)(=O)=O)c1. The molecule has 0 bridgehead atoms. The summed E-state index contributed by atoms with van der Waals surface area (Å²) in [7, 11) is -7.21. The molecule has 0 aliphatic carbocycles. The van der Waals surface area contributed by atoms with Gasteiger partial charge in [-0.2, -0.15) is 0 Å². The second-order valence-electron chi connectivity index (χ2n) is 7.55. The van der Waals surface area contributed by atoms with E-state index in [0.717, 1.165) is 18.6 Å². The monoisotopic (exact) mass is 501 g/mol. The van der Waals surface area contributed by atoms with E-state index < -0.39 is 25.6 Å². The van der Waals surface area contributed by atoms with Crippen molar-refractivity contribution in [2.45, 2.75) is 23.3 Å². The van der Waals surface area contributed by atoms with E-state index in [4.69, 9.17) is 5.11 Å². The summed E-state index contributed by atoms with van der Waals surface area (Å²) in [6.07, 6.45) is 5.06. The van der Waals surface area contributed by atoms with Gasteiger partial charge in [0.25, 0.3) is 0 Å². The number of aromatic nitrogens is 2. The minimum Gasteiger partial charge on any atom is -0.478 e. The minimum atomic E-state index is -3.78. The number of aliphatic carboxylic acids is 1. The molecule has 1 heterocycles. The van der Waals surface area contributed by atoms with Crippen LogP contribution in [0.25, 0.3) is 16.7 Å². The molecule has 0 fully saturated rings. The maximum atomic E-state index is 12.6. The molecule has 3 rings (SSSR count). The summed E-state index contributed by atoms with van der Waals surface area (Å²) < 4.78 is 48.7. The van der Waals surface area contributed by atoms with Gasteiger partial charge in [0.15, 0.2) is 24.7 Å². The number of carboxylic acid groups (broad SMARTS) is 1. The van der Waals surface area contributed by atoms with Gasteiger partial charge in [0.05, 0.1) is 4.90 Å². The Morgan fingerprint density at radius 3 is 2.35 bits per heavy atom. The van der Waals surface area contributed by atoms with Crippen LogP contribution in [0, 0.1) is 0 Å². The summed E-state index contributed by atoms with van der Waals surface area (Å²) in [5, 5.41) is 11.7. The summed E-state index contributed by atoms with van der Waals surface area (Å²) >= 11 is 0. The molecule has 178 valence electrons. The van der Waals surface area contributed by atoms with Crippen LogP contribution in [0.4, 0.5) is 11.6 Å². The third kappa shape index (κ3) is 6.06. The van der Waals surface area contributed by atoms with Crippen LogP contribution in [0.2, 0.25) is 0 Å². The van der Waals surface area contributed by atoms with Gasteiger partial charge in [-0.25, -0.2) is 31.6 Å². The number of carboxylic acids is 1. The smallest absolute Gasteiger partial charge is 0.328 e. The summed E-state index contributed by atoms with van der Waals surface area (Å²) in [6, 6.07) is 12.8. The minimum absolute atomic E-state index is 0.0222. The first-order valence-corrected chi connectivity index (χ1v) is 13.9. The van der Waals surface area contributed by atoms with Crippen molar-refractivity contribution in [3.8, 4) is 11.1 Å². The van der Waals surface area contributed by atoms with Crippen molar-refractivity contribution < 1.29 is 26.7 Å². The fourth-order valence-corrected chi connectivity index (χ4v) is 4.75. The quantitative estimate of drug-likeness (QED) is 0.350. The molecule has 0 atom stereocenters. The normalized spacial score (nSPS) is 12.4. The molecule has 0 saturated carbocycles. The standard InChI is InChI=1S/C23H23N3O6S2/c1-4-15(12-21(27)28)16-7-5-8-17(11-16)20-14-24-23(26-22(20)34(3,31)32)25-18-9-6-10-19(13-18)33(2,29)30/h5-14H,4H2,1-3H3,(H,27,28)(H,24,25,26)/b15-12+. The van der Waals surface area contributed by atoms with Gasteiger partial charge in [-0.05, 0) is 47.4 Å². The summed E-state index contributed by atoms with van der Waals surface area (Å²) in [6.45, 7) is 1.83. The fraction of sp³-hybridized carbons (Fsp3) is 0.174. The van der Waals surface area contributed by atoms with Gasteiger partial charge in [0, 0.05) is 36.0 Å². The van der Waals surface area contributed by atoms with Crippen LogP contribution >= 0.6 is 0 Å². The van der Waals surface area contributed by atoms with Crippen LogP contribution in [-0.2, 0) is 24.5 Å². The van der Waals surface area contributed by atoms with Gasteiger partial charge in [-0.1, -0.05) is 31.2 Å². The van der Waals surface area contributed by atoms with E-state index in [1.807, 2.05) is 6.92 Å². The van der Waals surface area contributed by atoms with Gasteiger partial charge in [0.1, 0.15) is 0 Å². The van der Waals surface area contributed by atoms with Crippen LogP contribution in [0.5, 0.6) is 0 Å². The molecule has 0 aliphatic rings. The lowest BCUT2D eigenvalue weighted by Crippen LogP contribution is -2.08. The average Bonchev–Trinajstić information content (AvgIpc) is 2.76. The average molecular weight is 502 g/mol. The summed E-state index contributed by atoms with van der Waals surface area (Å²) in [4.78, 5) is 19.6. The number of nitrogens with zero attached hydrogens (tertiary/aromatic N) is 2. The Hall–Kier alpha value is -3.57. The molecule has 0 amide bonds. The van der Waals surface area contributed by atoms with E-state index in [2.05, 4.69) is 15.3 Å².